The number of nitrogens with zero attached hydrogens (tertiary/aromatic N) is 2. The molecule has 1 N–H and O–H groups in total. The second kappa shape index (κ2) is 5.25. The molecule has 0 bridgehead atoms. The molecule has 3 heteroatoms. The summed E-state index contributed by atoms with van der Waals surface area (Å²) in [5.74, 6) is 0.813. The van der Waals surface area contributed by atoms with Gasteiger partial charge < -0.3 is 5.11 Å². The van der Waals surface area contributed by atoms with Crippen LogP contribution in [0.25, 0.3) is 5.69 Å². The minimum absolute atomic E-state index is 0.277. The Hall–Kier alpha value is -1.77. The molecule has 1 heterocycles. The summed E-state index contributed by atoms with van der Waals surface area (Å²) in [5.41, 5.74) is 2.88. The maximum atomic E-state index is 10.3. The van der Waals surface area contributed by atoms with Crippen molar-refractivity contribution in [3.63, 3.8) is 0 Å². The van der Waals surface area contributed by atoms with Crippen LogP contribution in [0.1, 0.15) is 32.0 Å². The molecule has 18 heavy (non-hydrogen) atoms. The first-order valence-corrected chi connectivity index (χ1v) is 6.48. The van der Waals surface area contributed by atoms with Crippen molar-refractivity contribution in [1.82, 2.24) is 9.78 Å². The van der Waals surface area contributed by atoms with E-state index in [-0.39, 0.29) is 5.88 Å². The van der Waals surface area contributed by atoms with Crippen molar-refractivity contribution in [2.75, 3.05) is 0 Å². The number of benzene rings is 1. The lowest BCUT2D eigenvalue weighted by molar-refractivity contribution is 0.428. The van der Waals surface area contributed by atoms with Crippen LogP contribution in [0.4, 0.5) is 0 Å². The summed E-state index contributed by atoms with van der Waals surface area (Å²) in [7, 11) is 0. The van der Waals surface area contributed by atoms with Gasteiger partial charge in [0.1, 0.15) is 0 Å². The molecular weight excluding hydrogens is 224 g/mol. The summed E-state index contributed by atoms with van der Waals surface area (Å²) in [6, 6.07) is 9.75. The fraction of sp³-hybridized carbons (Fsp3) is 0.400. The van der Waals surface area contributed by atoms with Gasteiger partial charge in [0.15, 0.2) is 0 Å². The molecule has 3 nitrogen and oxygen atoms in total. The van der Waals surface area contributed by atoms with Crippen molar-refractivity contribution in [3.8, 4) is 11.6 Å². The van der Waals surface area contributed by atoms with Crippen LogP contribution in [-0.2, 0) is 12.8 Å². The molecule has 0 spiro atoms. The Kier molecular flexibility index (Phi) is 3.70. The summed E-state index contributed by atoms with van der Waals surface area (Å²) in [4.78, 5) is 0. The van der Waals surface area contributed by atoms with Crippen molar-refractivity contribution in [3.05, 3.63) is 41.6 Å². The standard InChI is InChI=1S/C15H20N2O/c1-4-13-14(10-11(2)3)16-17(15(13)18)12-8-6-5-7-9-12/h5-9,11,18H,4,10H2,1-3H3. The first-order valence-electron chi connectivity index (χ1n) is 6.48. The minimum atomic E-state index is 0.277. The Morgan fingerprint density at radius 2 is 1.89 bits per heavy atom. The molecule has 1 aromatic heterocycles. The van der Waals surface area contributed by atoms with Gasteiger partial charge in [-0.05, 0) is 30.9 Å². The number of aromatic hydroxyl groups is 1. The van der Waals surface area contributed by atoms with Crippen LogP contribution in [0.2, 0.25) is 0 Å². The predicted molar refractivity (Wildman–Crippen MR) is 73.1 cm³/mol. The van der Waals surface area contributed by atoms with E-state index in [1.807, 2.05) is 30.3 Å². The molecule has 1 aromatic carbocycles. The highest BCUT2D eigenvalue weighted by atomic mass is 16.3. The number of hydrogen-bond acceptors (Lipinski definition) is 2. The molecule has 96 valence electrons. The lowest BCUT2D eigenvalue weighted by atomic mass is 10.0. The number of para-hydroxylation sites is 1. The van der Waals surface area contributed by atoms with E-state index >= 15 is 0 Å². The maximum Gasteiger partial charge on any atom is 0.217 e. The van der Waals surface area contributed by atoms with Gasteiger partial charge in [-0.1, -0.05) is 39.0 Å². The summed E-state index contributed by atoms with van der Waals surface area (Å²) >= 11 is 0. The quantitative estimate of drug-likeness (QED) is 0.895. The third kappa shape index (κ3) is 2.40. The van der Waals surface area contributed by atoms with Crippen molar-refractivity contribution >= 4 is 0 Å². The largest absolute Gasteiger partial charge is 0.493 e. The van der Waals surface area contributed by atoms with Crippen LogP contribution in [0.3, 0.4) is 0 Å². The Morgan fingerprint density at radius 3 is 2.44 bits per heavy atom. The highest BCUT2D eigenvalue weighted by Gasteiger charge is 2.17. The van der Waals surface area contributed by atoms with Crippen LogP contribution in [-0.4, -0.2) is 14.9 Å². The zero-order chi connectivity index (χ0) is 13.1. The summed E-state index contributed by atoms with van der Waals surface area (Å²) in [6.45, 7) is 6.38. The van der Waals surface area contributed by atoms with Gasteiger partial charge in [-0.25, -0.2) is 4.68 Å². The average Bonchev–Trinajstić information content (AvgIpc) is 2.66. The molecule has 0 aliphatic carbocycles. The van der Waals surface area contributed by atoms with Gasteiger partial charge in [-0.15, -0.1) is 0 Å². The van der Waals surface area contributed by atoms with Gasteiger partial charge in [0.2, 0.25) is 5.88 Å². The number of aromatic nitrogens is 2. The van der Waals surface area contributed by atoms with Crippen molar-refractivity contribution in [1.29, 1.82) is 0 Å². The number of rotatable bonds is 4. The van der Waals surface area contributed by atoms with Crippen molar-refractivity contribution in [2.45, 2.75) is 33.6 Å². The van der Waals surface area contributed by atoms with E-state index in [1.165, 1.54) is 0 Å². The van der Waals surface area contributed by atoms with E-state index < -0.39 is 0 Å². The second-order valence-electron chi connectivity index (χ2n) is 4.95. The fourth-order valence-corrected chi connectivity index (χ4v) is 2.15. The third-order valence-electron chi connectivity index (χ3n) is 3.00. The predicted octanol–water partition coefficient (Wildman–Crippen LogP) is 3.34. The highest BCUT2D eigenvalue weighted by molar-refractivity contribution is 5.40. The lowest BCUT2D eigenvalue weighted by Gasteiger charge is -2.02. The van der Waals surface area contributed by atoms with Crippen LogP contribution < -0.4 is 0 Å². The van der Waals surface area contributed by atoms with E-state index in [2.05, 4.69) is 25.9 Å². The van der Waals surface area contributed by atoms with Gasteiger partial charge in [0.05, 0.1) is 11.4 Å². The molecule has 0 saturated heterocycles. The van der Waals surface area contributed by atoms with Crippen molar-refractivity contribution in [2.24, 2.45) is 5.92 Å². The summed E-state index contributed by atoms with van der Waals surface area (Å²) in [5, 5.41) is 14.8. The second-order valence-corrected chi connectivity index (χ2v) is 4.95. The molecule has 0 unspecified atom stereocenters. The molecule has 2 aromatic rings. The van der Waals surface area contributed by atoms with E-state index in [4.69, 9.17) is 0 Å². The molecule has 0 atom stereocenters. The molecule has 2 rings (SSSR count). The SMILES string of the molecule is CCc1c(CC(C)C)nn(-c2ccccc2)c1O. The molecule has 0 aliphatic heterocycles. The zero-order valence-electron chi connectivity index (χ0n) is 11.2. The van der Waals surface area contributed by atoms with Crippen LogP contribution in [0.5, 0.6) is 5.88 Å². The minimum Gasteiger partial charge on any atom is -0.493 e. The molecular formula is C15H20N2O. The Balaban J connectivity index is 2.47. The molecule has 0 aliphatic rings. The smallest absolute Gasteiger partial charge is 0.217 e. The summed E-state index contributed by atoms with van der Waals surface area (Å²) < 4.78 is 1.64. The van der Waals surface area contributed by atoms with Gasteiger partial charge in [-0.3, -0.25) is 0 Å². The first-order chi connectivity index (χ1) is 8.63. The van der Waals surface area contributed by atoms with Gasteiger partial charge in [0, 0.05) is 5.56 Å². The van der Waals surface area contributed by atoms with Crippen LogP contribution in [0, 0.1) is 5.92 Å². The molecule has 0 saturated carbocycles. The Morgan fingerprint density at radius 1 is 1.22 bits per heavy atom. The van der Waals surface area contributed by atoms with Crippen LogP contribution >= 0.6 is 0 Å². The normalized spacial score (nSPS) is 11.1. The highest BCUT2D eigenvalue weighted by Crippen LogP contribution is 2.26. The van der Waals surface area contributed by atoms with Gasteiger partial charge in [-0.2, -0.15) is 5.10 Å². The Labute approximate surface area is 108 Å². The lowest BCUT2D eigenvalue weighted by Crippen LogP contribution is -2.00. The Bertz CT molecular complexity index is 515. The number of hydrogen-bond donors (Lipinski definition) is 1. The molecule has 0 radical (unpaired) electrons. The average molecular weight is 244 g/mol. The topological polar surface area (TPSA) is 38.0 Å². The third-order valence-corrected chi connectivity index (χ3v) is 3.00. The maximum absolute atomic E-state index is 10.3. The molecule has 0 fully saturated rings. The van der Waals surface area contributed by atoms with E-state index in [1.54, 1.807) is 4.68 Å². The fourth-order valence-electron chi connectivity index (χ4n) is 2.15. The zero-order valence-corrected chi connectivity index (χ0v) is 11.2. The van der Waals surface area contributed by atoms with Crippen molar-refractivity contribution < 1.29 is 5.11 Å². The van der Waals surface area contributed by atoms with Gasteiger partial charge >= 0.3 is 0 Å². The van der Waals surface area contributed by atoms with Gasteiger partial charge in [0.25, 0.3) is 0 Å². The summed E-state index contributed by atoms with van der Waals surface area (Å²) in [6.07, 6.45) is 1.71. The first kappa shape index (κ1) is 12.7. The van der Waals surface area contributed by atoms with E-state index in [0.717, 1.165) is 29.8 Å². The van der Waals surface area contributed by atoms with E-state index in [0.29, 0.717) is 5.92 Å². The molecule has 0 amide bonds. The van der Waals surface area contributed by atoms with Crippen LogP contribution in [0.15, 0.2) is 30.3 Å². The van der Waals surface area contributed by atoms with E-state index in [9.17, 15) is 5.11 Å². The monoisotopic (exact) mass is 244 g/mol.